The van der Waals surface area contributed by atoms with E-state index in [-0.39, 0.29) is 4.88 Å². The topological polar surface area (TPSA) is 122 Å². The summed E-state index contributed by atoms with van der Waals surface area (Å²) in [5.74, 6) is -2.69. The Bertz CT molecular complexity index is 403. The molecule has 8 heteroatoms. The van der Waals surface area contributed by atoms with Crippen molar-refractivity contribution in [1.82, 2.24) is 10.3 Å². The molecule has 2 amide bonds. The van der Waals surface area contributed by atoms with E-state index in [0.29, 0.717) is 0 Å². The molecule has 0 saturated heterocycles. The largest absolute Gasteiger partial charge is 0.480 e. The lowest BCUT2D eigenvalue weighted by Gasteiger charge is -2.11. The Morgan fingerprint density at radius 3 is 2.69 bits per heavy atom. The summed E-state index contributed by atoms with van der Waals surface area (Å²) in [6, 6.07) is -1.31. The summed E-state index contributed by atoms with van der Waals surface area (Å²) in [5, 5.41) is 10.9. The fourth-order valence-corrected chi connectivity index (χ4v) is 1.48. The maximum absolute atomic E-state index is 11.4. The lowest BCUT2D eigenvalue weighted by atomic mass is 10.2. The van der Waals surface area contributed by atoms with Gasteiger partial charge in [0.25, 0.3) is 5.91 Å². The summed E-state index contributed by atoms with van der Waals surface area (Å²) in [6.07, 6.45) is 0.864. The molecule has 0 aliphatic carbocycles. The molecule has 0 aliphatic rings. The van der Waals surface area contributed by atoms with Crippen molar-refractivity contribution in [3.63, 3.8) is 0 Å². The van der Waals surface area contributed by atoms with Crippen LogP contribution in [-0.4, -0.2) is 33.9 Å². The number of amides is 2. The van der Waals surface area contributed by atoms with Gasteiger partial charge in [0.1, 0.15) is 10.9 Å². The molecule has 86 valence electrons. The summed E-state index contributed by atoms with van der Waals surface area (Å²) < 4.78 is 0. The molecular weight excluding hydrogens is 234 g/mol. The van der Waals surface area contributed by atoms with Crippen LogP contribution in [0.15, 0.2) is 11.7 Å². The van der Waals surface area contributed by atoms with Gasteiger partial charge >= 0.3 is 5.97 Å². The predicted octanol–water partition coefficient (Wildman–Crippen LogP) is -0.798. The van der Waals surface area contributed by atoms with Crippen LogP contribution in [0.2, 0.25) is 0 Å². The van der Waals surface area contributed by atoms with E-state index in [4.69, 9.17) is 10.8 Å². The minimum atomic E-state index is -1.31. The second-order valence-corrected chi connectivity index (χ2v) is 3.79. The lowest BCUT2D eigenvalue weighted by molar-refractivity contribution is -0.140. The Morgan fingerprint density at radius 1 is 1.56 bits per heavy atom. The monoisotopic (exact) mass is 243 g/mol. The molecule has 1 aromatic rings. The van der Waals surface area contributed by atoms with Crippen LogP contribution in [0.1, 0.15) is 16.1 Å². The van der Waals surface area contributed by atoms with Gasteiger partial charge < -0.3 is 16.2 Å². The number of rotatable bonds is 5. The van der Waals surface area contributed by atoms with Crippen molar-refractivity contribution in [2.24, 2.45) is 5.73 Å². The Morgan fingerprint density at radius 2 is 2.25 bits per heavy atom. The predicted molar refractivity (Wildman–Crippen MR) is 54.8 cm³/mol. The number of nitrogens with two attached hydrogens (primary N) is 1. The summed E-state index contributed by atoms with van der Waals surface area (Å²) in [4.78, 5) is 36.7. The zero-order chi connectivity index (χ0) is 12.1. The van der Waals surface area contributed by atoms with E-state index in [9.17, 15) is 14.4 Å². The standard InChI is InChI=1S/C8H9N3O4S/c9-6(12)1-4(8(14)15)11-7(13)5-2-10-3-16-5/h2-4H,1H2,(H2,9,12)(H,11,13)(H,14,15)/t4-/m1/s1. The fraction of sp³-hybridized carbons (Fsp3) is 0.250. The van der Waals surface area contributed by atoms with E-state index in [1.807, 2.05) is 0 Å². The zero-order valence-electron chi connectivity index (χ0n) is 8.04. The van der Waals surface area contributed by atoms with Gasteiger partial charge in [0, 0.05) is 0 Å². The number of hydrogen-bond donors (Lipinski definition) is 3. The van der Waals surface area contributed by atoms with Crippen LogP contribution in [0, 0.1) is 0 Å². The average Bonchev–Trinajstić information content (AvgIpc) is 2.68. The third-order valence-electron chi connectivity index (χ3n) is 1.66. The second-order valence-electron chi connectivity index (χ2n) is 2.90. The molecule has 1 aromatic heterocycles. The minimum absolute atomic E-state index is 0.274. The average molecular weight is 243 g/mol. The molecule has 16 heavy (non-hydrogen) atoms. The van der Waals surface area contributed by atoms with E-state index < -0.39 is 30.2 Å². The maximum atomic E-state index is 11.4. The zero-order valence-corrected chi connectivity index (χ0v) is 8.86. The van der Waals surface area contributed by atoms with Gasteiger partial charge in [0.2, 0.25) is 5.91 Å². The van der Waals surface area contributed by atoms with Gasteiger partial charge in [-0.1, -0.05) is 0 Å². The molecule has 0 spiro atoms. The minimum Gasteiger partial charge on any atom is -0.480 e. The highest BCUT2D eigenvalue weighted by molar-refractivity contribution is 7.11. The number of aromatic nitrogens is 1. The van der Waals surface area contributed by atoms with Crippen molar-refractivity contribution in [3.05, 3.63) is 16.6 Å². The van der Waals surface area contributed by atoms with Crippen molar-refractivity contribution in [2.45, 2.75) is 12.5 Å². The van der Waals surface area contributed by atoms with Crippen molar-refractivity contribution >= 4 is 29.1 Å². The van der Waals surface area contributed by atoms with E-state index in [2.05, 4.69) is 10.3 Å². The first kappa shape index (κ1) is 12.1. The Kier molecular flexibility index (Phi) is 3.95. The first-order valence-electron chi connectivity index (χ1n) is 4.21. The number of hydrogen-bond acceptors (Lipinski definition) is 5. The molecular formula is C8H9N3O4S. The molecule has 0 aromatic carbocycles. The number of nitrogens with one attached hydrogen (secondary N) is 1. The maximum Gasteiger partial charge on any atom is 0.326 e. The van der Waals surface area contributed by atoms with Gasteiger partial charge in [-0.2, -0.15) is 0 Å². The van der Waals surface area contributed by atoms with Crippen molar-refractivity contribution in [2.75, 3.05) is 0 Å². The molecule has 1 heterocycles. The molecule has 7 nitrogen and oxygen atoms in total. The molecule has 0 bridgehead atoms. The third-order valence-corrected chi connectivity index (χ3v) is 2.44. The van der Waals surface area contributed by atoms with Crippen molar-refractivity contribution < 1.29 is 19.5 Å². The second kappa shape index (κ2) is 5.21. The Labute approximate surface area is 94.3 Å². The highest BCUT2D eigenvalue weighted by atomic mass is 32.1. The number of carbonyl (C=O) groups is 3. The fourth-order valence-electron chi connectivity index (χ4n) is 0.959. The van der Waals surface area contributed by atoms with Crippen LogP contribution in [0.4, 0.5) is 0 Å². The smallest absolute Gasteiger partial charge is 0.326 e. The molecule has 0 fully saturated rings. The highest BCUT2D eigenvalue weighted by Crippen LogP contribution is 2.05. The number of primary amides is 1. The van der Waals surface area contributed by atoms with Crippen LogP contribution in [0.3, 0.4) is 0 Å². The summed E-state index contributed by atoms with van der Waals surface area (Å²) in [7, 11) is 0. The number of carbonyl (C=O) groups excluding carboxylic acids is 2. The first-order chi connectivity index (χ1) is 7.50. The van der Waals surface area contributed by atoms with Gasteiger partial charge in [-0.05, 0) is 0 Å². The van der Waals surface area contributed by atoms with Crippen LogP contribution >= 0.6 is 11.3 Å². The van der Waals surface area contributed by atoms with Crippen LogP contribution < -0.4 is 11.1 Å². The van der Waals surface area contributed by atoms with Crippen molar-refractivity contribution in [1.29, 1.82) is 0 Å². The number of aliphatic carboxylic acids is 1. The highest BCUT2D eigenvalue weighted by Gasteiger charge is 2.23. The van der Waals surface area contributed by atoms with Crippen molar-refractivity contribution in [3.8, 4) is 0 Å². The summed E-state index contributed by atoms with van der Waals surface area (Å²) in [6.45, 7) is 0. The van der Waals surface area contributed by atoms with Gasteiger partial charge in [-0.25, -0.2) is 4.79 Å². The Balaban J connectivity index is 2.65. The molecule has 0 unspecified atom stereocenters. The van der Waals surface area contributed by atoms with Crippen LogP contribution in [0.5, 0.6) is 0 Å². The SMILES string of the molecule is NC(=O)C[C@@H](NC(=O)c1cncs1)C(=O)O. The number of thiazole rings is 1. The summed E-state index contributed by atoms with van der Waals surface area (Å²) in [5.41, 5.74) is 6.31. The van der Waals surface area contributed by atoms with Gasteiger partial charge in [-0.15, -0.1) is 11.3 Å². The van der Waals surface area contributed by atoms with Crippen LogP contribution in [0.25, 0.3) is 0 Å². The number of carboxylic acid groups (broad SMARTS) is 1. The van der Waals surface area contributed by atoms with Gasteiger partial charge in [0.15, 0.2) is 0 Å². The molecule has 0 saturated carbocycles. The van der Waals surface area contributed by atoms with E-state index in [0.717, 1.165) is 11.3 Å². The first-order valence-corrected chi connectivity index (χ1v) is 5.09. The van der Waals surface area contributed by atoms with Crippen LogP contribution in [-0.2, 0) is 9.59 Å². The molecule has 0 aliphatic heterocycles. The Hall–Kier alpha value is -1.96. The third kappa shape index (κ3) is 3.31. The molecule has 1 atom stereocenters. The normalized spacial score (nSPS) is 11.8. The lowest BCUT2D eigenvalue weighted by Crippen LogP contribution is -2.43. The van der Waals surface area contributed by atoms with Gasteiger partial charge in [0.05, 0.1) is 18.1 Å². The summed E-state index contributed by atoms with van der Waals surface area (Å²) >= 11 is 1.07. The van der Waals surface area contributed by atoms with E-state index in [1.165, 1.54) is 11.7 Å². The molecule has 1 rings (SSSR count). The number of carboxylic acids is 1. The molecule has 4 N–H and O–H groups in total. The van der Waals surface area contributed by atoms with E-state index >= 15 is 0 Å². The molecule has 0 radical (unpaired) electrons. The van der Waals surface area contributed by atoms with Gasteiger partial charge in [-0.3, -0.25) is 14.6 Å². The number of nitrogens with zero attached hydrogens (tertiary/aromatic N) is 1. The quantitative estimate of drug-likeness (QED) is 0.625. The van der Waals surface area contributed by atoms with E-state index in [1.54, 1.807) is 0 Å².